The summed E-state index contributed by atoms with van der Waals surface area (Å²) in [5.41, 5.74) is 3.68. The summed E-state index contributed by atoms with van der Waals surface area (Å²) in [6.45, 7) is 0.497. The number of rotatable bonds is 4. The molecule has 1 aromatic rings. The molecule has 0 aromatic carbocycles. The summed E-state index contributed by atoms with van der Waals surface area (Å²) < 4.78 is 0. The van der Waals surface area contributed by atoms with Crippen LogP contribution in [0.1, 0.15) is 31.4 Å². The van der Waals surface area contributed by atoms with Crippen LogP contribution in [-0.4, -0.2) is 33.5 Å². The minimum Gasteiger partial charge on any atom is -0.329 e. The van der Waals surface area contributed by atoms with Gasteiger partial charge in [0.1, 0.15) is 5.71 Å². The van der Waals surface area contributed by atoms with Crippen LogP contribution >= 0.6 is 0 Å². The molecule has 6 nitrogen and oxygen atoms in total. The molecule has 104 valence electrons. The molecule has 0 spiro atoms. The van der Waals surface area contributed by atoms with Crippen molar-refractivity contribution in [1.29, 1.82) is 0 Å². The van der Waals surface area contributed by atoms with E-state index in [1.54, 1.807) is 6.20 Å². The van der Waals surface area contributed by atoms with Gasteiger partial charge in [-0.3, -0.25) is 14.6 Å². The minimum atomic E-state index is -0.135. The number of aromatic nitrogens is 1. The van der Waals surface area contributed by atoms with Gasteiger partial charge in [-0.2, -0.15) is 5.10 Å². The molecule has 2 heterocycles. The predicted octanol–water partition coefficient (Wildman–Crippen LogP) is 0.839. The van der Waals surface area contributed by atoms with E-state index in [2.05, 4.69) is 15.5 Å². The Labute approximate surface area is 116 Å². The molecule has 1 saturated carbocycles. The Kier molecular flexibility index (Phi) is 3.45. The van der Waals surface area contributed by atoms with E-state index in [0.29, 0.717) is 25.1 Å². The summed E-state index contributed by atoms with van der Waals surface area (Å²) in [6, 6.07) is 5.96. The van der Waals surface area contributed by atoms with Gasteiger partial charge in [-0.05, 0) is 25.0 Å². The molecule has 1 aliphatic carbocycles. The maximum absolute atomic E-state index is 12.5. The minimum absolute atomic E-state index is 0.0850. The lowest BCUT2D eigenvalue weighted by atomic mass is 10.1. The van der Waals surface area contributed by atoms with Gasteiger partial charge in [0.25, 0.3) is 5.91 Å². The van der Waals surface area contributed by atoms with Gasteiger partial charge in [0.2, 0.25) is 5.91 Å². The number of hydrogen-bond acceptors (Lipinski definition) is 4. The average molecular weight is 272 g/mol. The van der Waals surface area contributed by atoms with Crippen LogP contribution in [0.2, 0.25) is 0 Å². The van der Waals surface area contributed by atoms with Gasteiger partial charge < -0.3 is 4.90 Å². The molecule has 0 bridgehead atoms. The zero-order valence-electron chi connectivity index (χ0n) is 11.1. The van der Waals surface area contributed by atoms with Gasteiger partial charge >= 0.3 is 0 Å². The zero-order valence-corrected chi connectivity index (χ0v) is 11.1. The Balaban J connectivity index is 1.74. The Morgan fingerprint density at radius 2 is 2.20 bits per heavy atom. The quantitative estimate of drug-likeness (QED) is 0.882. The van der Waals surface area contributed by atoms with Crippen molar-refractivity contribution in [2.45, 2.75) is 38.3 Å². The van der Waals surface area contributed by atoms with Crippen LogP contribution in [0.3, 0.4) is 0 Å². The van der Waals surface area contributed by atoms with Crippen molar-refractivity contribution in [3.63, 3.8) is 0 Å². The van der Waals surface area contributed by atoms with Crippen LogP contribution in [0.4, 0.5) is 0 Å². The van der Waals surface area contributed by atoms with Crippen molar-refractivity contribution in [1.82, 2.24) is 15.3 Å². The van der Waals surface area contributed by atoms with E-state index in [4.69, 9.17) is 0 Å². The van der Waals surface area contributed by atoms with E-state index in [9.17, 15) is 9.59 Å². The molecular formula is C14H16N4O2. The number of amides is 2. The van der Waals surface area contributed by atoms with Crippen molar-refractivity contribution in [2.75, 3.05) is 0 Å². The van der Waals surface area contributed by atoms with Gasteiger partial charge in [-0.25, -0.2) is 5.43 Å². The molecule has 1 N–H and O–H groups in total. The van der Waals surface area contributed by atoms with Gasteiger partial charge in [0, 0.05) is 25.1 Å². The van der Waals surface area contributed by atoms with E-state index in [0.717, 1.165) is 18.5 Å². The first kappa shape index (κ1) is 12.8. The van der Waals surface area contributed by atoms with Crippen molar-refractivity contribution in [3.8, 4) is 0 Å². The summed E-state index contributed by atoms with van der Waals surface area (Å²) in [5, 5.41) is 3.89. The maximum atomic E-state index is 12.5. The van der Waals surface area contributed by atoms with Crippen molar-refractivity contribution in [2.24, 2.45) is 5.10 Å². The molecule has 2 amide bonds. The normalized spacial score (nSPS) is 18.2. The summed E-state index contributed by atoms with van der Waals surface area (Å²) in [5.74, 6) is -0.220. The number of hydrazone groups is 1. The van der Waals surface area contributed by atoms with Crippen molar-refractivity contribution >= 4 is 17.5 Å². The molecule has 0 unspecified atom stereocenters. The topological polar surface area (TPSA) is 74.7 Å². The summed E-state index contributed by atoms with van der Waals surface area (Å²) >= 11 is 0. The number of nitrogens with zero attached hydrogens (tertiary/aromatic N) is 3. The van der Waals surface area contributed by atoms with Crippen LogP contribution in [0.5, 0.6) is 0 Å². The number of nitrogens with one attached hydrogen (secondary N) is 1. The highest BCUT2D eigenvalue weighted by molar-refractivity contribution is 6.39. The molecule has 0 atom stereocenters. The second-order valence-electron chi connectivity index (χ2n) is 5.08. The molecule has 1 aromatic heterocycles. The third-order valence-corrected chi connectivity index (χ3v) is 3.46. The zero-order chi connectivity index (χ0) is 13.9. The first-order chi connectivity index (χ1) is 9.74. The fourth-order valence-corrected chi connectivity index (χ4v) is 2.21. The first-order valence-corrected chi connectivity index (χ1v) is 6.80. The van der Waals surface area contributed by atoms with Crippen LogP contribution in [-0.2, 0) is 16.1 Å². The van der Waals surface area contributed by atoms with Crippen LogP contribution < -0.4 is 5.43 Å². The first-order valence-electron chi connectivity index (χ1n) is 6.80. The Morgan fingerprint density at radius 1 is 1.35 bits per heavy atom. The molecule has 6 heteroatoms. The molecule has 1 aliphatic heterocycles. The maximum Gasteiger partial charge on any atom is 0.270 e. The van der Waals surface area contributed by atoms with E-state index >= 15 is 0 Å². The second-order valence-corrected chi connectivity index (χ2v) is 5.08. The standard InChI is InChI=1S/C14H16N4O2/c19-13-7-6-12(16-17-13)14(20)18(11-4-5-11)9-10-3-1-2-8-15-10/h1-3,8,11H,4-7,9H2,(H,17,19). The van der Waals surface area contributed by atoms with Gasteiger partial charge in [0.15, 0.2) is 0 Å². The third-order valence-electron chi connectivity index (χ3n) is 3.46. The van der Waals surface area contributed by atoms with E-state index < -0.39 is 0 Å². The monoisotopic (exact) mass is 272 g/mol. The highest BCUT2D eigenvalue weighted by Crippen LogP contribution is 2.28. The molecule has 3 rings (SSSR count). The molecule has 0 saturated heterocycles. The largest absolute Gasteiger partial charge is 0.329 e. The number of hydrogen-bond donors (Lipinski definition) is 1. The number of pyridine rings is 1. The SMILES string of the molecule is O=C1CCC(C(=O)N(Cc2ccccn2)C2CC2)=NN1. The Morgan fingerprint density at radius 3 is 2.80 bits per heavy atom. The van der Waals surface area contributed by atoms with Crippen LogP contribution in [0, 0.1) is 0 Å². The van der Waals surface area contributed by atoms with Crippen LogP contribution in [0.15, 0.2) is 29.5 Å². The van der Waals surface area contributed by atoms with E-state index in [-0.39, 0.29) is 17.9 Å². The summed E-state index contributed by atoms with van der Waals surface area (Å²) in [4.78, 5) is 29.7. The number of carbonyl (C=O) groups is 2. The molecule has 1 fully saturated rings. The van der Waals surface area contributed by atoms with Crippen molar-refractivity contribution < 1.29 is 9.59 Å². The average Bonchev–Trinajstić information content (AvgIpc) is 3.30. The van der Waals surface area contributed by atoms with Gasteiger partial charge in [-0.1, -0.05) is 6.07 Å². The smallest absolute Gasteiger partial charge is 0.270 e. The van der Waals surface area contributed by atoms with Crippen LogP contribution in [0.25, 0.3) is 0 Å². The van der Waals surface area contributed by atoms with Gasteiger partial charge in [0.05, 0.1) is 12.2 Å². The summed E-state index contributed by atoms with van der Waals surface area (Å²) in [6.07, 6.45) is 4.52. The molecule has 2 aliphatic rings. The van der Waals surface area contributed by atoms with Gasteiger partial charge in [-0.15, -0.1) is 0 Å². The molecular weight excluding hydrogens is 256 g/mol. The molecule has 20 heavy (non-hydrogen) atoms. The second kappa shape index (κ2) is 5.40. The highest BCUT2D eigenvalue weighted by Gasteiger charge is 2.35. The van der Waals surface area contributed by atoms with E-state index in [1.807, 2.05) is 23.1 Å². The lowest BCUT2D eigenvalue weighted by molar-refractivity contribution is -0.125. The Bertz CT molecular complexity index is 552. The highest BCUT2D eigenvalue weighted by atomic mass is 16.2. The van der Waals surface area contributed by atoms with Crippen molar-refractivity contribution in [3.05, 3.63) is 30.1 Å². The third kappa shape index (κ3) is 2.84. The summed E-state index contributed by atoms with van der Waals surface area (Å²) in [7, 11) is 0. The number of carbonyl (C=O) groups excluding carboxylic acids is 2. The lowest BCUT2D eigenvalue weighted by Gasteiger charge is -2.23. The fraction of sp³-hybridized carbons (Fsp3) is 0.429. The lowest BCUT2D eigenvalue weighted by Crippen LogP contribution is -2.41. The predicted molar refractivity (Wildman–Crippen MR) is 72.6 cm³/mol. The fourth-order valence-electron chi connectivity index (χ4n) is 2.21. The molecule has 0 radical (unpaired) electrons. The van der Waals surface area contributed by atoms with E-state index in [1.165, 1.54) is 0 Å². The Hall–Kier alpha value is -2.24.